The molecule has 0 spiro atoms. The van der Waals surface area contributed by atoms with Crippen molar-refractivity contribution in [3.05, 3.63) is 76.8 Å². The molecular weight excluding hydrogens is 512 g/mol. The lowest BCUT2D eigenvalue weighted by atomic mass is 9.81. The number of hydrogen-bond acceptors (Lipinski definition) is 9. The number of methoxy groups -OCH3 is 2. The molecule has 0 saturated carbocycles. The molecule has 0 aromatic heterocycles. The van der Waals surface area contributed by atoms with Crippen LogP contribution >= 0.6 is 0 Å². The Hall–Kier alpha value is -4.78. The Labute approximate surface area is 233 Å². The van der Waals surface area contributed by atoms with Gasteiger partial charge in [0.1, 0.15) is 23.9 Å². The van der Waals surface area contributed by atoms with E-state index in [0.29, 0.717) is 29.2 Å². The summed E-state index contributed by atoms with van der Waals surface area (Å²) in [5.74, 6) is -2.36. The van der Waals surface area contributed by atoms with Gasteiger partial charge in [-0.05, 0) is 38.0 Å². The molecule has 0 radical (unpaired) electrons. The largest absolute Gasteiger partial charge is 0.490 e. The van der Waals surface area contributed by atoms with Gasteiger partial charge in [0.05, 0.1) is 54.1 Å². The lowest BCUT2D eigenvalue weighted by Crippen LogP contribution is -2.42. The van der Waals surface area contributed by atoms with Gasteiger partial charge in [-0.3, -0.25) is 9.69 Å². The third kappa shape index (κ3) is 4.75. The molecule has 2 heterocycles. The van der Waals surface area contributed by atoms with E-state index in [4.69, 9.17) is 19.9 Å². The van der Waals surface area contributed by atoms with Crippen molar-refractivity contribution in [1.82, 2.24) is 0 Å². The number of nitrogens with zero attached hydrogens (tertiary/aromatic N) is 3. The van der Waals surface area contributed by atoms with Crippen LogP contribution in [0, 0.1) is 16.7 Å². The minimum Gasteiger partial charge on any atom is -0.490 e. The molecule has 10 heteroatoms. The first-order chi connectivity index (χ1) is 19.1. The molecule has 2 aromatic rings. The van der Waals surface area contributed by atoms with Gasteiger partial charge >= 0.3 is 11.9 Å². The summed E-state index contributed by atoms with van der Waals surface area (Å²) in [6.45, 7) is 6.23. The summed E-state index contributed by atoms with van der Waals surface area (Å²) in [5.41, 5.74) is 7.09. The van der Waals surface area contributed by atoms with Gasteiger partial charge in [0.2, 0.25) is 5.91 Å². The number of fused-ring (bicyclic) bond motifs is 1. The normalized spacial score (nSPS) is 18.4. The first kappa shape index (κ1) is 28.2. The fourth-order valence-electron chi connectivity index (χ4n) is 5.00. The molecule has 208 valence electrons. The van der Waals surface area contributed by atoms with Gasteiger partial charge in [-0.15, -0.1) is 0 Å². The van der Waals surface area contributed by atoms with Gasteiger partial charge in [-0.1, -0.05) is 37.3 Å². The maximum absolute atomic E-state index is 13.3. The summed E-state index contributed by atoms with van der Waals surface area (Å²) in [6.07, 6.45) is 0.731. The van der Waals surface area contributed by atoms with Crippen LogP contribution in [-0.4, -0.2) is 45.2 Å². The number of rotatable bonds is 6. The van der Waals surface area contributed by atoms with E-state index in [1.807, 2.05) is 20.8 Å². The third-order valence-electron chi connectivity index (χ3n) is 6.96. The summed E-state index contributed by atoms with van der Waals surface area (Å²) >= 11 is 0. The Morgan fingerprint density at radius 2 is 1.80 bits per heavy atom. The Balaban J connectivity index is 1.99. The van der Waals surface area contributed by atoms with E-state index in [1.165, 1.54) is 19.1 Å². The van der Waals surface area contributed by atoms with Crippen molar-refractivity contribution in [2.24, 2.45) is 11.1 Å². The molecule has 0 saturated heterocycles. The fraction of sp³-hybridized carbons (Fsp3) is 0.333. The average molecular weight is 545 g/mol. The molecule has 2 N–H and O–H groups in total. The van der Waals surface area contributed by atoms with Crippen LogP contribution in [0.3, 0.4) is 0 Å². The molecule has 4 rings (SSSR count). The van der Waals surface area contributed by atoms with Crippen LogP contribution in [0.4, 0.5) is 11.4 Å². The van der Waals surface area contributed by atoms with Gasteiger partial charge in [-0.25, -0.2) is 9.59 Å². The predicted octanol–water partition coefficient (Wildman–Crippen LogP) is 3.75. The number of nitriles is 1. The number of esters is 2. The number of ether oxygens (including phenoxy) is 3. The third-order valence-corrected chi connectivity index (χ3v) is 6.96. The van der Waals surface area contributed by atoms with Crippen LogP contribution < -0.4 is 20.3 Å². The second-order valence-electron chi connectivity index (χ2n) is 10.1. The lowest BCUT2D eigenvalue weighted by Gasteiger charge is -2.36. The highest BCUT2D eigenvalue weighted by atomic mass is 16.5. The zero-order valence-corrected chi connectivity index (χ0v) is 23.2. The van der Waals surface area contributed by atoms with Gasteiger partial charge in [0, 0.05) is 12.6 Å². The highest BCUT2D eigenvalue weighted by Gasteiger charge is 2.44. The number of amides is 1. The summed E-state index contributed by atoms with van der Waals surface area (Å²) in [5, 5.41) is 10.2. The fourth-order valence-corrected chi connectivity index (χ4v) is 5.00. The molecule has 1 unspecified atom stereocenters. The standard InChI is InChI=1S/C30H32N4O6/c1-6-14-33-21-13-12-19(15-22(21)40-17-30(2,3)29(33)37)34-25(28(36)39-5)24(27(35)38-4)23(20(16-31)26(34)32)18-10-8-7-9-11-18/h7-13,15,23H,6,14,17,32H2,1-5H3. The lowest BCUT2D eigenvalue weighted by molar-refractivity contribution is -0.139. The molecule has 2 aromatic carbocycles. The van der Waals surface area contributed by atoms with E-state index in [-0.39, 0.29) is 35.2 Å². The van der Waals surface area contributed by atoms with Crippen molar-refractivity contribution in [2.75, 3.05) is 37.2 Å². The van der Waals surface area contributed by atoms with E-state index < -0.39 is 23.3 Å². The molecule has 2 aliphatic rings. The molecule has 10 nitrogen and oxygen atoms in total. The number of nitrogens with two attached hydrogens (primary N) is 1. The summed E-state index contributed by atoms with van der Waals surface area (Å²) in [6, 6.07) is 15.9. The van der Waals surface area contributed by atoms with Gasteiger partial charge in [0.25, 0.3) is 0 Å². The molecule has 0 bridgehead atoms. The summed E-state index contributed by atoms with van der Waals surface area (Å²) in [7, 11) is 2.39. The maximum atomic E-state index is 13.3. The van der Waals surface area contributed by atoms with Crippen LogP contribution in [0.15, 0.2) is 71.2 Å². The van der Waals surface area contributed by atoms with Crippen molar-refractivity contribution in [2.45, 2.75) is 33.1 Å². The highest BCUT2D eigenvalue weighted by Crippen LogP contribution is 2.45. The minimum absolute atomic E-state index is 0.0547. The molecule has 1 amide bonds. The van der Waals surface area contributed by atoms with Crippen molar-refractivity contribution >= 4 is 29.2 Å². The van der Waals surface area contributed by atoms with Crippen molar-refractivity contribution < 1.29 is 28.6 Å². The van der Waals surface area contributed by atoms with Crippen LogP contribution in [0.1, 0.15) is 38.7 Å². The number of carbonyl (C=O) groups is 3. The Morgan fingerprint density at radius 3 is 2.40 bits per heavy atom. The SMILES string of the molecule is CCCN1C(=O)C(C)(C)COc2cc(N3C(N)=C(C#N)C(c4ccccc4)C(C(=O)OC)=C3C(=O)OC)ccc21. The van der Waals surface area contributed by atoms with Crippen LogP contribution in [-0.2, 0) is 23.9 Å². The van der Waals surface area contributed by atoms with Crippen LogP contribution in [0.2, 0.25) is 0 Å². The minimum atomic E-state index is -0.973. The zero-order valence-electron chi connectivity index (χ0n) is 23.2. The maximum Gasteiger partial charge on any atom is 0.355 e. The van der Waals surface area contributed by atoms with Crippen LogP contribution in [0.5, 0.6) is 5.75 Å². The first-order valence-corrected chi connectivity index (χ1v) is 12.9. The Morgan fingerprint density at radius 1 is 1.12 bits per heavy atom. The van der Waals surface area contributed by atoms with E-state index in [1.54, 1.807) is 53.4 Å². The van der Waals surface area contributed by atoms with E-state index >= 15 is 0 Å². The number of hydrogen-bond donors (Lipinski definition) is 1. The van der Waals surface area contributed by atoms with Gasteiger partial charge in [0.15, 0.2) is 0 Å². The van der Waals surface area contributed by atoms with E-state index in [2.05, 4.69) is 6.07 Å². The zero-order chi connectivity index (χ0) is 29.2. The monoisotopic (exact) mass is 544 g/mol. The second-order valence-corrected chi connectivity index (χ2v) is 10.1. The summed E-state index contributed by atoms with van der Waals surface area (Å²) in [4.78, 5) is 42.9. The molecular formula is C30H32N4O6. The number of carbonyl (C=O) groups excluding carboxylic acids is 3. The van der Waals surface area contributed by atoms with Gasteiger partial charge in [-0.2, -0.15) is 5.26 Å². The predicted molar refractivity (Wildman–Crippen MR) is 148 cm³/mol. The Bertz CT molecular complexity index is 1450. The molecule has 40 heavy (non-hydrogen) atoms. The molecule has 0 fully saturated rings. The average Bonchev–Trinajstić information content (AvgIpc) is 3.05. The van der Waals surface area contributed by atoms with Crippen molar-refractivity contribution in [3.8, 4) is 11.8 Å². The molecule has 1 atom stereocenters. The highest BCUT2D eigenvalue weighted by molar-refractivity contribution is 6.06. The smallest absolute Gasteiger partial charge is 0.355 e. The van der Waals surface area contributed by atoms with Crippen molar-refractivity contribution in [3.63, 3.8) is 0 Å². The Kier molecular flexibility index (Phi) is 7.86. The van der Waals surface area contributed by atoms with Crippen LogP contribution in [0.25, 0.3) is 0 Å². The first-order valence-electron chi connectivity index (χ1n) is 12.9. The molecule has 0 aliphatic carbocycles. The van der Waals surface area contributed by atoms with E-state index in [9.17, 15) is 19.6 Å². The van der Waals surface area contributed by atoms with E-state index in [0.717, 1.165) is 6.42 Å². The number of anilines is 2. The van der Waals surface area contributed by atoms with Crippen molar-refractivity contribution in [1.29, 1.82) is 5.26 Å². The summed E-state index contributed by atoms with van der Waals surface area (Å²) < 4.78 is 16.3. The quantitative estimate of drug-likeness (QED) is 0.540. The van der Waals surface area contributed by atoms with Gasteiger partial charge < -0.3 is 24.8 Å². The molecule has 2 aliphatic heterocycles. The second kappa shape index (κ2) is 11.1. The number of allylic oxidation sites excluding steroid dienone is 1. The topological polar surface area (TPSA) is 135 Å². The number of benzene rings is 2.